The quantitative estimate of drug-likeness (QED) is 0.140. The number of rotatable bonds is 12. The van der Waals surface area contributed by atoms with E-state index < -0.39 is 54.0 Å². The molecule has 0 aliphatic heterocycles. The number of nitrogens with one attached hydrogen (secondary N) is 2. The van der Waals surface area contributed by atoms with E-state index in [0.29, 0.717) is 12.8 Å². The van der Waals surface area contributed by atoms with Crippen molar-refractivity contribution in [3.8, 4) is 0 Å². The Morgan fingerprint density at radius 1 is 1.10 bits per heavy atom. The van der Waals surface area contributed by atoms with Crippen LogP contribution in [0.1, 0.15) is 52.4 Å². The second-order valence-electron chi connectivity index (χ2n) is 7.30. The Morgan fingerprint density at radius 2 is 1.73 bits per heavy atom. The largest absolute Gasteiger partial charge is 0.481 e. The van der Waals surface area contributed by atoms with Crippen LogP contribution in [0, 0.1) is 5.41 Å². The molecule has 1 saturated carbocycles. The van der Waals surface area contributed by atoms with Gasteiger partial charge in [0.2, 0.25) is 6.29 Å². The summed E-state index contributed by atoms with van der Waals surface area (Å²) in [6.07, 6.45) is 0.764. The Balaban J connectivity index is 2.55. The van der Waals surface area contributed by atoms with E-state index in [2.05, 4.69) is 15.5 Å². The van der Waals surface area contributed by atoms with Crippen LogP contribution >= 0.6 is 0 Å². The van der Waals surface area contributed by atoms with Gasteiger partial charge in [-0.15, -0.1) is 0 Å². The van der Waals surface area contributed by atoms with Crippen LogP contribution in [0.5, 0.6) is 0 Å². The minimum absolute atomic E-state index is 0.0586. The third-order valence-electron chi connectivity index (χ3n) is 4.90. The van der Waals surface area contributed by atoms with Gasteiger partial charge in [0.15, 0.2) is 0 Å². The number of ether oxygens (including phenoxy) is 2. The second kappa shape index (κ2) is 12.6. The number of esters is 1. The normalized spacial score (nSPS) is 18.9. The first kappa shape index (κ1) is 26.0. The van der Waals surface area contributed by atoms with Crippen LogP contribution in [0.25, 0.3) is 0 Å². The molecule has 13 nitrogen and oxygen atoms in total. The van der Waals surface area contributed by atoms with Gasteiger partial charge >= 0.3 is 18.0 Å². The first-order chi connectivity index (χ1) is 14.1. The molecule has 13 heteroatoms. The summed E-state index contributed by atoms with van der Waals surface area (Å²) < 4.78 is 9.94. The lowest BCUT2D eigenvalue weighted by Gasteiger charge is -2.36. The van der Waals surface area contributed by atoms with E-state index in [0.717, 1.165) is 19.3 Å². The predicted octanol–water partition coefficient (Wildman–Crippen LogP) is 0.336. The highest BCUT2D eigenvalue weighted by Crippen LogP contribution is 2.38. The van der Waals surface area contributed by atoms with Crippen LogP contribution in [0.2, 0.25) is 0 Å². The summed E-state index contributed by atoms with van der Waals surface area (Å²) in [5, 5.41) is 39.8. The summed E-state index contributed by atoms with van der Waals surface area (Å²) in [7, 11) is 0. The number of nitrogens with zero attached hydrogens (tertiary/aromatic N) is 1. The Hall–Kier alpha value is -2.03. The molecule has 0 spiro atoms. The van der Waals surface area contributed by atoms with Gasteiger partial charge in [0, 0.05) is 13.5 Å². The van der Waals surface area contributed by atoms with E-state index >= 15 is 0 Å². The average molecular weight is 437 g/mol. The molecule has 3 atom stereocenters. The molecule has 1 aliphatic carbocycles. The summed E-state index contributed by atoms with van der Waals surface area (Å²) in [6, 6.07) is -1.30. The number of carbonyl (C=O) groups excluding carboxylic acids is 2. The van der Waals surface area contributed by atoms with Gasteiger partial charge in [-0.3, -0.25) is 25.3 Å². The minimum Gasteiger partial charge on any atom is -0.481 e. The third kappa shape index (κ3) is 9.19. The van der Waals surface area contributed by atoms with Crippen molar-refractivity contribution < 1.29 is 49.3 Å². The van der Waals surface area contributed by atoms with Crippen LogP contribution in [0.15, 0.2) is 0 Å². The third-order valence-corrected chi connectivity index (χ3v) is 4.90. The van der Waals surface area contributed by atoms with E-state index in [-0.39, 0.29) is 13.0 Å². The zero-order chi connectivity index (χ0) is 22.7. The van der Waals surface area contributed by atoms with Gasteiger partial charge in [0.05, 0.1) is 18.5 Å². The fourth-order valence-corrected chi connectivity index (χ4v) is 3.50. The predicted molar refractivity (Wildman–Crippen MR) is 97.8 cm³/mol. The second-order valence-corrected chi connectivity index (χ2v) is 7.30. The first-order valence-electron chi connectivity index (χ1n) is 9.64. The molecular weight excluding hydrogens is 406 g/mol. The highest BCUT2D eigenvalue weighted by molar-refractivity contribution is 5.77. The molecule has 0 heterocycles. The van der Waals surface area contributed by atoms with Crippen LogP contribution < -0.4 is 10.6 Å². The fourth-order valence-electron chi connectivity index (χ4n) is 3.50. The maximum absolute atomic E-state index is 12.2. The summed E-state index contributed by atoms with van der Waals surface area (Å²) in [5.74, 6) is -1.91. The molecule has 30 heavy (non-hydrogen) atoms. The van der Waals surface area contributed by atoms with Gasteiger partial charge in [0.25, 0.3) is 0 Å². The summed E-state index contributed by atoms with van der Waals surface area (Å²) in [5.41, 5.74) is -0.535. The zero-order valence-corrected chi connectivity index (χ0v) is 17.1. The lowest BCUT2D eigenvalue weighted by molar-refractivity contribution is -0.504. The van der Waals surface area contributed by atoms with E-state index in [9.17, 15) is 14.4 Å². The molecule has 0 saturated heterocycles. The smallest absolute Gasteiger partial charge is 0.410 e. The number of amides is 1. The number of carboxylic acids is 1. The lowest BCUT2D eigenvalue weighted by Crippen LogP contribution is -2.50. The van der Waals surface area contributed by atoms with Gasteiger partial charge in [-0.2, -0.15) is 0 Å². The van der Waals surface area contributed by atoms with Crippen molar-refractivity contribution in [1.82, 2.24) is 16.0 Å². The molecule has 0 aromatic carbocycles. The number of aliphatic hydroxyl groups excluding tert-OH is 1. The van der Waals surface area contributed by atoms with Crippen molar-refractivity contribution in [2.24, 2.45) is 5.41 Å². The number of hydrogen-bond acceptors (Lipinski definition) is 11. The number of aliphatic carboxylic acids is 1. The van der Waals surface area contributed by atoms with E-state index in [1.807, 2.05) is 0 Å². The maximum Gasteiger partial charge on any atom is 0.410 e. The van der Waals surface area contributed by atoms with Crippen molar-refractivity contribution in [3.05, 3.63) is 0 Å². The van der Waals surface area contributed by atoms with Crippen molar-refractivity contribution in [2.45, 2.75) is 70.8 Å². The summed E-state index contributed by atoms with van der Waals surface area (Å²) >= 11 is 0. The van der Waals surface area contributed by atoms with Gasteiger partial charge in [-0.25, -0.2) is 9.63 Å². The van der Waals surface area contributed by atoms with E-state index in [4.69, 9.17) is 30.1 Å². The fraction of sp³-hybridized carbons (Fsp3) is 0.824. The van der Waals surface area contributed by atoms with E-state index in [1.165, 1.54) is 13.8 Å². The SMILES string of the molecule is CC(OC(=O)NCC1(CC(=O)O)CCCCC1)OC(=O)C(NCO)C(C)ON(O)O. The van der Waals surface area contributed by atoms with Crippen LogP contribution in [0.3, 0.4) is 0 Å². The minimum atomic E-state index is -1.31. The Labute approximate surface area is 173 Å². The Morgan fingerprint density at radius 3 is 2.27 bits per heavy atom. The highest BCUT2D eigenvalue weighted by atomic mass is 17.1. The first-order valence-corrected chi connectivity index (χ1v) is 9.64. The molecule has 0 radical (unpaired) electrons. The molecule has 174 valence electrons. The van der Waals surface area contributed by atoms with Crippen molar-refractivity contribution in [2.75, 3.05) is 13.3 Å². The van der Waals surface area contributed by atoms with Gasteiger partial charge in [0.1, 0.15) is 12.1 Å². The molecule has 6 N–H and O–H groups in total. The molecule has 1 amide bonds. The van der Waals surface area contributed by atoms with Gasteiger partial charge in [-0.05, 0) is 25.2 Å². The molecular formula is C17H31N3O10. The Kier molecular flexibility index (Phi) is 10.9. The summed E-state index contributed by atoms with van der Waals surface area (Å²) in [4.78, 5) is 39.9. The van der Waals surface area contributed by atoms with E-state index in [1.54, 1.807) is 0 Å². The molecule has 0 aromatic rings. The molecule has 1 rings (SSSR count). The molecule has 1 aliphatic rings. The van der Waals surface area contributed by atoms with Gasteiger partial charge < -0.3 is 25.0 Å². The van der Waals surface area contributed by atoms with Crippen molar-refractivity contribution >= 4 is 18.0 Å². The van der Waals surface area contributed by atoms with Crippen LogP contribution in [-0.2, 0) is 23.9 Å². The number of alkyl carbamates (subject to hydrolysis) is 1. The van der Waals surface area contributed by atoms with Crippen molar-refractivity contribution in [1.29, 1.82) is 0 Å². The molecule has 1 fully saturated rings. The standard InChI is InChI=1S/C17H31N3O10/c1-11(30-20(26)27)14(19-10-21)15(24)28-12(2)29-16(25)18-9-17(8-13(22)23)6-4-3-5-7-17/h11-12,14,19,21,26-27H,3-10H2,1-2H3,(H,18,25)(H,22,23). The van der Waals surface area contributed by atoms with Crippen LogP contribution in [-0.4, -0.2) is 75.8 Å². The van der Waals surface area contributed by atoms with Crippen molar-refractivity contribution in [3.63, 3.8) is 0 Å². The molecule has 3 unspecified atom stereocenters. The maximum atomic E-state index is 12.2. The monoisotopic (exact) mass is 437 g/mol. The zero-order valence-electron chi connectivity index (χ0n) is 17.1. The number of hydrogen-bond donors (Lipinski definition) is 6. The average Bonchev–Trinajstić information content (AvgIpc) is 2.63. The topological polar surface area (TPSA) is 187 Å². The number of aliphatic hydroxyl groups is 1. The highest BCUT2D eigenvalue weighted by Gasteiger charge is 2.35. The van der Waals surface area contributed by atoms with Crippen LogP contribution in [0.4, 0.5) is 4.79 Å². The Bertz CT molecular complexity index is 568. The molecule has 0 aromatic heterocycles. The lowest BCUT2D eigenvalue weighted by atomic mass is 9.72. The van der Waals surface area contributed by atoms with Gasteiger partial charge in [-0.1, -0.05) is 19.3 Å². The number of carboxylic acid groups (broad SMARTS) is 1. The molecule has 0 bridgehead atoms. The number of carbonyl (C=O) groups is 3. The summed E-state index contributed by atoms with van der Waals surface area (Å²) in [6.45, 7) is 2.09.